The van der Waals surface area contributed by atoms with Crippen LogP contribution in [0.3, 0.4) is 0 Å². The Bertz CT molecular complexity index is 1250. The third kappa shape index (κ3) is 5.64. The van der Waals surface area contributed by atoms with Crippen molar-refractivity contribution in [3.63, 3.8) is 0 Å². The minimum atomic E-state index is -0.252. The van der Waals surface area contributed by atoms with E-state index in [1.165, 1.54) is 31.9 Å². The smallest absolute Gasteiger partial charge is 0.306 e. The average molecular weight is 488 g/mol. The zero-order chi connectivity index (χ0) is 24.9. The maximum absolute atomic E-state index is 12.4. The van der Waals surface area contributed by atoms with Gasteiger partial charge in [-0.05, 0) is 58.5 Å². The van der Waals surface area contributed by atoms with Crippen LogP contribution < -0.4 is 14.8 Å². The van der Waals surface area contributed by atoms with Crippen LogP contribution in [0.1, 0.15) is 61.1 Å². The van der Waals surface area contributed by atoms with E-state index < -0.39 is 0 Å². The van der Waals surface area contributed by atoms with E-state index in [2.05, 4.69) is 29.6 Å². The molecule has 3 aromatic carbocycles. The first-order valence-corrected chi connectivity index (χ1v) is 12.9. The number of ether oxygens (including phenoxy) is 3. The topological polar surface area (TPSA) is 73.9 Å². The fourth-order valence-electron chi connectivity index (χ4n) is 5.32. The SMILES string of the molecule is COC(=O)CC(c1ccc2c(c1)CCO2)c1ccc2ccc(OCC(=O)NC3CCCCC3)cc2c1. The number of methoxy groups -OCH3 is 1. The van der Waals surface area contributed by atoms with Crippen molar-refractivity contribution in [2.24, 2.45) is 0 Å². The van der Waals surface area contributed by atoms with E-state index in [1.54, 1.807) is 0 Å². The largest absolute Gasteiger partial charge is 0.493 e. The first kappa shape index (κ1) is 24.2. The standard InChI is InChI=1S/C30H33NO5/c1-34-30(33)18-27(22-10-12-28-23(15-22)13-14-35-28)21-8-7-20-9-11-26(17-24(20)16-21)36-19-29(32)31-25-5-3-2-4-6-25/h7-12,15-17,25,27H,2-6,13-14,18-19H2,1H3,(H,31,32). The highest BCUT2D eigenvalue weighted by atomic mass is 16.5. The summed E-state index contributed by atoms with van der Waals surface area (Å²) in [4.78, 5) is 24.7. The molecule has 1 aliphatic carbocycles. The number of fused-ring (bicyclic) bond motifs is 2. The Hall–Kier alpha value is -3.54. The molecule has 0 spiro atoms. The first-order chi connectivity index (χ1) is 17.6. The molecule has 2 aliphatic rings. The van der Waals surface area contributed by atoms with Crippen LogP contribution >= 0.6 is 0 Å². The summed E-state index contributed by atoms with van der Waals surface area (Å²) in [6.07, 6.45) is 6.83. The van der Waals surface area contributed by atoms with Crippen molar-refractivity contribution in [2.75, 3.05) is 20.3 Å². The predicted octanol–water partition coefficient (Wildman–Crippen LogP) is 5.30. The van der Waals surface area contributed by atoms with Gasteiger partial charge in [0.1, 0.15) is 11.5 Å². The Morgan fingerprint density at radius 2 is 1.75 bits per heavy atom. The van der Waals surface area contributed by atoms with Gasteiger partial charge in [-0.3, -0.25) is 9.59 Å². The van der Waals surface area contributed by atoms with Gasteiger partial charge in [0.05, 0.1) is 20.1 Å². The second kappa shape index (κ2) is 11.0. The number of esters is 1. The summed E-state index contributed by atoms with van der Waals surface area (Å²) in [6.45, 7) is 0.696. The molecule has 1 amide bonds. The van der Waals surface area contributed by atoms with E-state index in [0.29, 0.717) is 12.4 Å². The quantitative estimate of drug-likeness (QED) is 0.437. The normalized spacial score (nSPS) is 16.1. The molecule has 0 aromatic heterocycles. The van der Waals surface area contributed by atoms with Crippen LogP contribution in [0.4, 0.5) is 0 Å². The zero-order valence-corrected chi connectivity index (χ0v) is 20.8. The Morgan fingerprint density at radius 1 is 0.972 bits per heavy atom. The Labute approximate surface area is 211 Å². The van der Waals surface area contributed by atoms with E-state index in [-0.39, 0.29) is 36.9 Å². The lowest BCUT2D eigenvalue weighted by molar-refractivity contribution is -0.140. The number of nitrogens with one attached hydrogen (secondary N) is 1. The van der Waals surface area contributed by atoms with Gasteiger partial charge < -0.3 is 19.5 Å². The lowest BCUT2D eigenvalue weighted by atomic mass is 9.86. The van der Waals surface area contributed by atoms with Crippen molar-refractivity contribution in [3.05, 3.63) is 71.3 Å². The van der Waals surface area contributed by atoms with Crippen LogP contribution in [-0.2, 0) is 20.7 Å². The number of amides is 1. The van der Waals surface area contributed by atoms with Crippen molar-refractivity contribution >= 4 is 22.6 Å². The van der Waals surface area contributed by atoms with Crippen LogP contribution in [0.15, 0.2) is 54.6 Å². The van der Waals surface area contributed by atoms with Gasteiger partial charge in [0.2, 0.25) is 0 Å². The van der Waals surface area contributed by atoms with Gasteiger partial charge in [-0.2, -0.15) is 0 Å². The number of carbonyl (C=O) groups excluding carboxylic acids is 2. The molecule has 188 valence electrons. The van der Waals surface area contributed by atoms with Gasteiger partial charge in [-0.25, -0.2) is 0 Å². The average Bonchev–Trinajstić information content (AvgIpc) is 3.38. The summed E-state index contributed by atoms with van der Waals surface area (Å²) >= 11 is 0. The Balaban J connectivity index is 1.35. The molecule has 36 heavy (non-hydrogen) atoms. The molecular weight excluding hydrogens is 454 g/mol. The molecule has 0 bridgehead atoms. The molecule has 1 N–H and O–H groups in total. The summed E-state index contributed by atoms with van der Waals surface area (Å²) in [6, 6.07) is 18.5. The number of hydrogen-bond donors (Lipinski definition) is 1. The molecule has 1 heterocycles. The molecule has 5 rings (SSSR count). The number of hydrogen-bond acceptors (Lipinski definition) is 5. The van der Waals surface area contributed by atoms with E-state index in [9.17, 15) is 9.59 Å². The highest BCUT2D eigenvalue weighted by Gasteiger charge is 2.22. The minimum absolute atomic E-state index is 0.00383. The van der Waals surface area contributed by atoms with E-state index in [1.807, 2.05) is 30.3 Å². The van der Waals surface area contributed by atoms with Crippen LogP contribution in [0, 0.1) is 0 Å². The zero-order valence-electron chi connectivity index (χ0n) is 20.8. The molecule has 1 unspecified atom stereocenters. The molecule has 1 aliphatic heterocycles. The maximum Gasteiger partial charge on any atom is 0.306 e. The third-order valence-corrected chi connectivity index (χ3v) is 7.29. The van der Waals surface area contributed by atoms with Crippen LogP contribution in [0.5, 0.6) is 11.5 Å². The molecular formula is C30H33NO5. The lowest BCUT2D eigenvalue weighted by Crippen LogP contribution is -2.38. The lowest BCUT2D eigenvalue weighted by Gasteiger charge is -2.22. The highest BCUT2D eigenvalue weighted by molar-refractivity contribution is 5.85. The Kier molecular flexibility index (Phi) is 7.40. The van der Waals surface area contributed by atoms with Gasteiger partial charge in [0.25, 0.3) is 5.91 Å². The summed E-state index contributed by atoms with van der Waals surface area (Å²) in [5.41, 5.74) is 3.26. The minimum Gasteiger partial charge on any atom is -0.493 e. The van der Waals surface area contributed by atoms with Crippen LogP contribution in [0.2, 0.25) is 0 Å². The van der Waals surface area contributed by atoms with Crippen molar-refractivity contribution in [2.45, 2.75) is 56.9 Å². The second-order valence-electron chi connectivity index (χ2n) is 9.76. The van der Waals surface area contributed by atoms with Gasteiger partial charge in [-0.1, -0.05) is 55.7 Å². The summed E-state index contributed by atoms with van der Waals surface area (Å²) in [5.74, 6) is 1.10. The number of rotatable bonds is 8. The fourth-order valence-corrected chi connectivity index (χ4v) is 5.32. The van der Waals surface area contributed by atoms with Crippen molar-refractivity contribution < 1.29 is 23.8 Å². The molecule has 1 saturated carbocycles. The van der Waals surface area contributed by atoms with Crippen LogP contribution in [0.25, 0.3) is 10.8 Å². The van der Waals surface area contributed by atoms with E-state index in [0.717, 1.165) is 46.9 Å². The molecule has 0 saturated heterocycles. The van der Waals surface area contributed by atoms with Crippen molar-refractivity contribution in [1.82, 2.24) is 5.32 Å². The summed E-state index contributed by atoms with van der Waals surface area (Å²) < 4.78 is 16.5. The van der Waals surface area contributed by atoms with Crippen molar-refractivity contribution in [1.29, 1.82) is 0 Å². The van der Waals surface area contributed by atoms with Gasteiger partial charge >= 0.3 is 5.97 Å². The Morgan fingerprint density at radius 3 is 2.58 bits per heavy atom. The van der Waals surface area contributed by atoms with E-state index >= 15 is 0 Å². The van der Waals surface area contributed by atoms with Gasteiger partial charge in [0, 0.05) is 18.4 Å². The molecule has 6 heteroatoms. The monoisotopic (exact) mass is 487 g/mol. The van der Waals surface area contributed by atoms with Gasteiger partial charge in [0.15, 0.2) is 6.61 Å². The molecule has 6 nitrogen and oxygen atoms in total. The third-order valence-electron chi connectivity index (χ3n) is 7.29. The molecule has 3 aromatic rings. The predicted molar refractivity (Wildman–Crippen MR) is 139 cm³/mol. The fraction of sp³-hybridized carbons (Fsp3) is 0.400. The van der Waals surface area contributed by atoms with Crippen molar-refractivity contribution in [3.8, 4) is 11.5 Å². The van der Waals surface area contributed by atoms with Gasteiger partial charge in [-0.15, -0.1) is 0 Å². The molecule has 1 fully saturated rings. The second-order valence-corrected chi connectivity index (χ2v) is 9.76. The van der Waals surface area contributed by atoms with Crippen LogP contribution in [-0.4, -0.2) is 38.2 Å². The first-order valence-electron chi connectivity index (χ1n) is 12.9. The number of benzene rings is 3. The van der Waals surface area contributed by atoms with E-state index in [4.69, 9.17) is 14.2 Å². The molecule has 1 atom stereocenters. The molecule has 0 radical (unpaired) electrons. The highest BCUT2D eigenvalue weighted by Crippen LogP contribution is 2.35. The number of carbonyl (C=O) groups is 2. The summed E-state index contributed by atoms with van der Waals surface area (Å²) in [5, 5.41) is 5.16. The summed E-state index contributed by atoms with van der Waals surface area (Å²) in [7, 11) is 1.42. The maximum atomic E-state index is 12.4.